The van der Waals surface area contributed by atoms with Crippen LogP contribution in [0.3, 0.4) is 0 Å². The number of anilines is 1. The fraction of sp³-hybridized carbons (Fsp3) is 0.273. The largest absolute Gasteiger partial charge is 0.488 e. The van der Waals surface area contributed by atoms with E-state index in [0.717, 1.165) is 48.5 Å². The Kier molecular flexibility index (Phi) is 5.28. The number of nitrogens with one attached hydrogen (secondary N) is 2. The molecule has 2 aromatic rings. The summed E-state index contributed by atoms with van der Waals surface area (Å²) in [6.07, 6.45) is 3.98. The van der Waals surface area contributed by atoms with Gasteiger partial charge in [-0.3, -0.25) is 4.79 Å². The predicted molar refractivity (Wildman–Crippen MR) is 108 cm³/mol. The van der Waals surface area contributed by atoms with Gasteiger partial charge in [0.25, 0.3) is 5.91 Å². The Morgan fingerprint density at radius 3 is 2.71 bits per heavy atom. The molecule has 0 unspecified atom stereocenters. The maximum atomic E-state index is 12.5. The van der Waals surface area contributed by atoms with Gasteiger partial charge in [0.05, 0.1) is 5.57 Å². The Bertz CT molecular complexity index is 917. The summed E-state index contributed by atoms with van der Waals surface area (Å²) in [7, 11) is 0. The minimum absolute atomic E-state index is 0.0677. The predicted octanol–water partition coefficient (Wildman–Crippen LogP) is 3.41. The van der Waals surface area contributed by atoms with Gasteiger partial charge in [-0.2, -0.15) is 0 Å². The number of benzene rings is 2. The number of nitrogens with zero attached hydrogens (tertiary/aromatic N) is 1. The number of rotatable bonds is 4. The van der Waals surface area contributed by atoms with Crippen LogP contribution >= 0.6 is 0 Å². The van der Waals surface area contributed by atoms with E-state index in [2.05, 4.69) is 10.6 Å². The second-order valence-corrected chi connectivity index (χ2v) is 7.00. The van der Waals surface area contributed by atoms with Crippen LogP contribution in [0.15, 0.2) is 54.1 Å². The van der Waals surface area contributed by atoms with Gasteiger partial charge in [-0.05, 0) is 42.7 Å². The average molecular weight is 377 g/mol. The standard InChI is InChI=1S/C22H23N3O3/c26-21(18-13-17-7-1-2-9-20(17)28-15-18)23-14-16-6-5-8-19(12-16)24-22(27)25-10-3-4-11-25/h1-2,5-9,12-13H,3-4,10-11,14-15H2,(H,23,26)(H,24,27). The molecule has 28 heavy (non-hydrogen) atoms. The number of amides is 3. The maximum Gasteiger partial charge on any atom is 0.321 e. The summed E-state index contributed by atoms with van der Waals surface area (Å²) >= 11 is 0. The van der Waals surface area contributed by atoms with Gasteiger partial charge in [0.2, 0.25) is 0 Å². The molecule has 0 atom stereocenters. The van der Waals surface area contributed by atoms with Gasteiger partial charge < -0.3 is 20.3 Å². The van der Waals surface area contributed by atoms with Gasteiger partial charge in [-0.1, -0.05) is 30.3 Å². The summed E-state index contributed by atoms with van der Waals surface area (Å²) in [4.78, 5) is 26.5. The van der Waals surface area contributed by atoms with E-state index in [-0.39, 0.29) is 18.5 Å². The monoisotopic (exact) mass is 377 g/mol. The molecule has 1 saturated heterocycles. The summed E-state index contributed by atoms with van der Waals surface area (Å²) in [6.45, 7) is 2.25. The molecule has 6 heteroatoms. The van der Waals surface area contributed by atoms with Gasteiger partial charge in [-0.15, -0.1) is 0 Å². The van der Waals surface area contributed by atoms with Crippen LogP contribution in [0.4, 0.5) is 10.5 Å². The highest BCUT2D eigenvalue weighted by molar-refractivity contribution is 5.99. The van der Waals surface area contributed by atoms with E-state index in [9.17, 15) is 9.59 Å². The van der Waals surface area contributed by atoms with Crippen molar-refractivity contribution in [1.29, 1.82) is 0 Å². The average Bonchev–Trinajstić information content (AvgIpc) is 3.27. The third kappa shape index (κ3) is 4.17. The fourth-order valence-electron chi connectivity index (χ4n) is 3.42. The van der Waals surface area contributed by atoms with E-state index in [1.165, 1.54) is 0 Å². The molecule has 4 rings (SSSR count). The van der Waals surface area contributed by atoms with Gasteiger partial charge in [0.15, 0.2) is 0 Å². The topological polar surface area (TPSA) is 70.7 Å². The Balaban J connectivity index is 1.35. The lowest BCUT2D eigenvalue weighted by Gasteiger charge is -2.18. The Hall–Kier alpha value is -3.28. The molecular formula is C22H23N3O3. The first-order valence-corrected chi connectivity index (χ1v) is 9.54. The lowest BCUT2D eigenvalue weighted by atomic mass is 10.1. The van der Waals surface area contributed by atoms with Crippen LogP contribution in [0.2, 0.25) is 0 Å². The van der Waals surface area contributed by atoms with Crippen LogP contribution < -0.4 is 15.4 Å². The molecule has 2 aliphatic heterocycles. The molecule has 1 fully saturated rings. The summed E-state index contributed by atoms with van der Waals surface area (Å²) in [5, 5.41) is 5.85. The van der Waals surface area contributed by atoms with Crippen molar-refractivity contribution in [3.05, 3.63) is 65.2 Å². The second-order valence-electron chi connectivity index (χ2n) is 7.00. The summed E-state index contributed by atoms with van der Waals surface area (Å²) in [6, 6.07) is 15.1. The third-order valence-corrected chi connectivity index (χ3v) is 4.95. The van der Waals surface area contributed by atoms with Crippen molar-refractivity contribution in [2.24, 2.45) is 0 Å². The van der Waals surface area contributed by atoms with Crippen LogP contribution in [-0.4, -0.2) is 36.5 Å². The van der Waals surface area contributed by atoms with E-state index >= 15 is 0 Å². The molecule has 6 nitrogen and oxygen atoms in total. The zero-order valence-electron chi connectivity index (χ0n) is 15.6. The number of hydrogen-bond donors (Lipinski definition) is 2. The quantitative estimate of drug-likeness (QED) is 0.858. The number of hydrogen-bond acceptors (Lipinski definition) is 3. The Labute approximate surface area is 164 Å². The zero-order chi connectivity index (χ0) is 19.3. The summed E-state index contributed by atoms with van der Waals surface area (Å²) in [5.41, 5.74) is 3.16. The summed E-state index contributed by atoms with van der Waals surface area (Å²) < 4.78 is 5.64. The molecule has 2 N–H and O–H groups in total. The highest BCUT2D eigenvalue weighted by Gasteiger charge is 2.18. The number of ether oxygens (including phenoxy) is 1. The van der Waals surface area contributed by atoms with Crippen LogP contribution in [0.1, 0.15) is 24.0 Å². The third-order valence-electron chi connectivity index (χ3n) is 4.95. The van der Waals surface area contributed by atoms with Gasteiger partial charge >= 0.3 is 6.03 Å². The molecule has 0 spiro atoms. The molecule has 0 bridgehead atoms. The van der Waals surface area contributed by atoms with Crippen LogP contribution in [0, 0.1) is 0 Å². The molecule has 2 aliphatic rings. The van der Waals surface area contributed by atoms with E-state index in [0.29, 0.717) is 12.1 Å². The van der Waals surface area contributed by atoms with E-state index in [1.54, 1.807) is 0 Å². The van der Waals surface area contributed by atoms with Gasteiger partial charge in [-0.25, -0.2) is 4.79 Å². The highest BCUT2D eigenvalue weighted by atomic mass is 16.5. The van der Waals surface area contributed by atoms with Crippen molar-refractivity contribution in [2.45, 2.75) is 19.4 Å². The van der Waals surface area contributed by atoms with E-state index in [4.69, 9.17) is 4.74 Å². The molecule has 3 amide bonds. The molecule has 0 aromatic heterocycles. The molecule has 0 radical (unpaired) electrons. The minimum atomic E-state index is -0.152. The molecular weight excluding hydrogens is 354 g/mol. The van der Waals surface area contributed by atoms with Gasteiger partial charge in [0.1, 0.15) is 12.4 Å². The Morgan fingerprint density at radius 2 is 1.86 bits per heavy atom. The molecule has 2 aromatic carbocycles. The van der Waals surface area contributed by atoms with Crippen molar-refractivity contribution in [3.8, 4) is 5.75 Å². The molecule has 0 saturated carbocycles. The number of urea groups is 1. The van der Waals surface area contributed by atoms with Crippen LogP contribution in [-0.2, 0) is 11.3 Å². The number of fused-ring (bicyclic) bond motifs is 1. The fourth-order valence-corrected chi connectivity index (χ4v) is 3.42. The number of carbonyl (C=O) groups is 2. The first kappa shape index (κ1) is 18.1. The first-order valence-electron chi connectivity index (χ1n) is 9.54. The van der Waals surface area contributed by atoms with Crippen molar-refractivity contribution >= 4 is 23.7 Å². The van der Waals surface area contributed by atoms with Crippen molar-refractivity contribution in [2.75, 3.05) is 25.0 Å². The van der Waals surface area contributed by atoms with E-state index in [1.807, 2.05) is 59.5 Å². The smallest absolute Gasteiger partial charge is 0.321 e. The van der Waals surface area contributed by atoms with Crippen LogP contribution in [0.5, 0.6) is 5.75 Å². The van der Waals surface area contributed by atoms with Crippen molar-refractivity contribution in [1.82, 2.24) is 10.2 Å². The minimum Gasteiger partial charge on any atom is -0.488 e. The number of carbonyl (C=O) groups excluding carboxylic acids is 2. The highest BCUT2D eigenvalue weighted by Crippen LogP contribution is 2.25. The lowest BCUT2D eigenvalue weighted by molar-refractivity contribution is -0.117. The number of para-hydroxylation sites is 1. The normalized spacial score (nSPS) is 15.3. The summed E-state index contributed by atoms with van der Waals surface area (Å²) in [5.74, 6) is 0.640. The van der Waals surface area contributed by atoms with E-state index < -0.39 is 0 Å². The molecule has 144 valence electrons. The lowest BCUT2D eigenvalue weighted by Crippen LogP contribution is -2.32. The second kappa shape index (κ2) is 8.17. The number of likely N-dealkylation sites (tertiary alicyclic amines) is 1. The Morgan fingerprint density at radius 1 is 1.04 bits per heavy atom. The van der Waals surface area contributed by atoms with Crippen LogP contribution in [0.25, 0.3) is 6.08 Å². The molecule has 0 aliphatic carbocycles. The van der Waals surface area contributed by atoms with Crippen molar-refractivity contribution in [3.63, 3.8) is 0 Å². The van der Waals surface area contributed by atoms with Crippen molar-refractivity contribution < 1.29 is 14.3 Å². The zero-order valence-corrected chi connectivity index (χ0v) is 15.6. The van der Waals surface area contributed by atoms with Gasteiger partial charge in [0, 0.05) is 30.9 Å². The molecule has 2 heterocycles. The first-order chi connectivity index (χ1) is 13.7. The maximum absolute atomic E-state index is 12.5. The SMILES string of the molecule is O=C(NCc1cccc(NC(=O)N2CCCC2)c1)C1=Cc2ccccc2OC1.